The first-order valence-electron chi connectivity index (χ1n) is 6.20. The van der Waals surface area contributed by atoms with Crippen molar-refractivity contribution in [2.45, 2.75) is 27.3 Å². The molecule has 19 heavy (non-hydrogen) atoms. The molecule has 1 atom stereocenters. The molecule has 1 heterocycles. The Bertz CT molecular complexity index is 440. The summed E-state index contributed by atoms with van der Waals surface area (Å²) in [5.74, 6) is -0.0895. The molecule has 106 valence electrons. The lowest BCUT2D eigenvalue weighted by Gasteiger charge is -2.16. The smallest absolute Gasteiger partial charge is 0.315 e. The third kappa shape index (κ3) is 5.03. The van der Waals surface area contributed by atoms with Crippen LogP contribution in [0.25, 0.3) is 0 Å². The second kappa shape index (κ2) is 6.82. The number of urea groups is 1. The highest BCUT2D eigenvalue weighted by Gasteiger charge is 2.21. The Morgan fingerprint density at radius 1 is 1.32 bits per heavy atom. The second-order valence-corrected chi connectivity index (χ2v) is 4.76. The molecule has 1 unspecified atom stereocenters. The Hall–Kier alpha value is -1.98. The Morgan fingerprint density at radius 2 is 2.00 bits per heavy atom. The van der Waals surface area contributed by atoms with Crippen LogP contribution in [0, 0.1) is 18.8 Å². The van der Waals surface area contributed by atoms with Gasteiger partial charge in [0.1, 0.15) is 11.5 Å². The number of carboxylic acids is 1. The van der Waals surface area contributed by atoms with Gasteiger partial charge in [0.2, 0.25) is 0 Å². The molecule has 1 aromatic rings. The van der Waals surface area contributed by atoms with Crippen molar-refractivity contribution in [2.24, 2.45) is 11.8 Å². The maximum Gasteiger partial charge on any atom is 0.315 e. The van der Waals surface area contributed by atoms with E-state index in [1.807, 2.05) is 26.8 Å². The lowest BCUT2D eigenvalue weighted by atomic mass is 9.96. The zero-order chi connectivity index (χ0) is 14.4. The highest BCUT2D eigenvalue weighted by molar-refractivity contribution is 5.75. The molecule has 1 aromatic heterocycles. The standard InChI is InChI=1S/C13H20N2O4/c1-8(2)11(12(16)17)7-15-13(18)14-6-10-5-4-9(3)19-10/h4-5,8,11H,6-7H2,1-3H3,(H,16,17)(H2,14,15,18). The monoisotopic (exact) mass is 268 g/mol. The van der Waals surface area contributed by atoms with Crippen LogP contribution in [0.1, 0.15) is 25.4 Å². The molecule has 0 aromatic carbocycles. The first-order valence-corrected chi connectivity index (χ1v) is 6.20. The van der Waals surface area contributed by atoms with Gasteiger partial charge in [-0.25, -0.2) is 4.79 Å². The lowest BCUT2D eigenvalue weighted by molar-refractivity contribution is -0.142. The number of rotatable bonds is 6. The van der Waals surface area contributed by atoms with Gasteiger partial charge in [-0.05, 0) is 25.0 Å². The maximum atomic E-state index is 11.5. The summed E-state index contributed by atoms with van der Waals surface area (Å²) in [5, 5.41) is 14.1. The van der Waals surface area contributed by atoms with Gasteiger partial charge in [-0.2, -0.15) is 0 Å². The van der Waals surface area contributed by atoms with Gasteiger partial charge in [0.25, 0.3) is 0 Å². The highest BCUT2D eigenvalue weighted by atomic mass is 16.4. The summed E-state index contributed by atoms with van der Waals surface area (Å²) >= 11 is 0. The van der Waals surface area contributed by atoms with Crippen LogP contribution in [0.2, 0.25) is 0 Å². The molecule has 3 N–H and O–H groups in total. The van der Waals surface area contributed by atoms with Crippen molar-refractivity contribution in [3.05, 3.63) is 23.7 Å². The van der Waals surface area contributed by atoms with E-state index < -0.39 is 17.9 Å². The van der Waals surface area contributed by atoms with Gasteiger partial charge in [-0.15, -0.1) is 0 Å². The quantitative estimate of drug-likeness (QED) is 0.733. The number of carbonyl (C=O) groups excluding carboxylic acids is 1. The molecule has 2 amide bonds. The van der Waals surface area contributed by atoms with Crippen LogP contribution in [0.4, 0.5) is 4.79 Å². The summed E-state index contributed by atoms with van der Waals surface area (Å²) in [5.41, 5.74) is 0. The van der Waals surface area contributed by atoms with E-state index in [-0.39, 0.29) is 19.0 Å². The van der Waals surface area contributed by atoms with E-state index in [0.29, 0.717) is 5.76 Å². The minimum Gasteiger partial charge on any atom is -0.481 e. The molecule has 0 saturated heterocycles. The second-order valence-electron chi connectivity index (χ2n) is 4.76. The molecule has 6 heteroatoms. The van der Waals surface area contributed by atoms with E-state index in [4.69, 9.17) is 9.52 Å². The van der Waals surface area contributed by atoms with Crippen LogP contribution >= 0.6 is 0 Å². The zero-order valence-corrected chi connectivity index (χ0v) is 11.4. The Morgan fingerprint density at radius 3 is 2.47 bits per heavy atom. The Labute approximate surface area is 112 Å². The van der Waals surface area contributed by atoms with E-state index in [9.17, 15) is 9.59 Å². The number of carbonyl (C=O) groups is 2. The fourth-order valence-corrected chi connectivity index (χ4v) is 1.62. The Balaban J connectivity index is 2.33. The van der Waals surface area contributed by atoms with Gasteiger partial charge in [0.05, 0.1) is 12.5 Å². The van der Waals surface area contributed by atoms with Crippen molar-refractivity contribution in [3.8, 4) is 0 Å². The van der Waals surface area contributed by atoms with Gasteiger partial charge in [-0.3, -0.25) is 4.79 Å². The molecular weight excluding hydrogens is 248 g/mol. The summed E-state index contributed by atoms with van der Waals surface area (Å²) < 4.78 is 5.30. The summed E-state index contributed by atoms with van der Waals surface area (Å²) in [6, 6.07) is 3.19. The van der Waals surface area contributed by atoms with Crippen molar-refractivity contribution in [1.29, 1.82) is 0 Å². The number of aliphatic carboxylic acids is 1. The molecule has 1 rings (SSSR count). The van der Waals surface area contributed by atoms with Gasteiger partial charge < -0.3 is 20.2 Å². The number of carboxylic acid groups (broad SMARTS) is 1. The zero-order valence-electron chi connectivity index (χ0n) is 11.4. The SMILES string of the molecule is Cc1ccc(CNC(=O)NCC(C(=O)O)C(C)C)o1. The molecule has 0 saturated carbocycles. The van der Waals surface area contributed by atoms with Crippen LogP contribution in [0.3, 0.4) is 0 Å². The van der Waals surface area contributed by atoms with E-state index in [1.165, 1.54) is 0 Å². The molecular formula is C13H20N2O4. The van der Waals surface area contributed by atoms with Gasteiger partial charge >= 0.3 is 12.0 Å². The minimum atomic E-state index is -0.906. The highest BCUT2D eigenvalue weighted by Crippen LogP contribution is 2.09. The van der Waals surface area contributed by atoms with Crippen molar-refractivity contribution in [3.63, 3.8) is 0 Å². The lowest BCUT2D eigenvalue weighted by Crippen LogP contribution is -2.40. The number of hydrogen-bond acceptors (Lipinski definition) is 3. The average molecular weight is 268 g/mol. The molecule has 0 aliphatic rings. The van der Waals surface area contributed by atoms with Gasteiger partial charge in [0, 0.05) is 6.54 Å². The third-order valence-corrected chi connectivity index (χ3v) is 2.82. The number of furan rings is 1. The maximum absolute atomic E-state index is 11.5. The number of nitrogens with one attached hydrogen (secondary N) is 2. The van der Waals surface area contributed by atoms with E-state index >= 15 is 0 Å². The predicted molar refractivity (Wildman–Crippen MR) is 69.6 cm³/mol. The fourth-order valence-electron chi connectivity index (χ4n) is 1.62. The van der Waals surface area contributed by atoms with Crippen LogP contribution in [-0.2, 0) is 11.3 Å². The average Bonchev–Trinajstić information content (AvgIpc) is 2.71. The van der Waals surface area contributed by atoms with Crippen molar-refractivity contribution >= 4 is 12.0 Å². The van der Waals surface area contributed by atoms with E-state index in [1.54, 1.807) is 6.07 Å². The molecule has 6 nitrogen and oxygen atoms in total. The fraction of sp³-hybridized carbons (Fsp3) is 0.538. The largest absolute Gasteiger partial charge is 0.481 e. The van der Waals surface area contributed by atoms with Crippen LogP contribution in [0.15, 0.2) is 16.5 Å². The molecule has 0 aliphatic heterocycles. The normalized spacial score (nSPS) is 12.2. The van der Waals surface area contributed by atoms with Crippen molar-refractivity contribution in [1.82, 2.24) is 10.6 Å². The molecule has 0 aliphatic carbocycles. The van der Waals surface area contributed by atoms with Crippen LogP contribution in [-0.4, -0.2) is 23.7 Å². The van der Waals surface area contributed by atoms with E-state index in [2.05, 4.69) is 10.6 Å². The van der Waals surface area contributed by atoms with E-state index in [0.717, 1.165) is 5.76 Å². The van der Waals surface area contributed by atoms with Gasteiger partial charge in [-0.1, -0.05) is 13.8 Å². The van der Waals surface area contributed by atoms with Crippen molar-refractivity contribution in [2.75, 3.05) is 6.54 Å². The Kier molecular flexibility index (Phi) is 5.41. The molecule has 0 bridgehead atoms. The third-order valence-electron chi connectivity index (χ3n) is 2.82. The first kappa shape index (κ1) is 15.1. The number of hydrogen-bond donors (Lipinski definition) is 3. The van der Waals surface area contributed by atoms with Gasteiger partial charge in [0.15, 0.2) is 0 Å². The number of amides is 2. The summed E-state index contributed by atoms with van der Waals surface area (Å²) in [4.78, 5) is 22.5. The van der Waals surface area contributed by atoms with Crippen LogP contribution < -0.4 is 10.6 Å². The summed E-state index contributed by atoms with van der Waals surface area (Å²) in [7, 11) is 0. The van der Waals surface area contributed by atoms with Crippen molar-refractivity contribution < 1.29 is 19.1 Å². The minimum absolute atomic E-state index is 0.0366. The molecule has 0 radical (unpaired) electrons. The summed E-state index contributed by atoms with van der Waals surface area (Å²) in [6.07, 6.45) is 0. The van der Waals surface area contributed by atoms with Crippen LogP contribution in [0.5, 0.6) is 0 Å². The molecule has 0 spiro atoms. The number of aryl methyl sites for hydroxylation is 1. The topological polar surface area (TPSA) is 91.6 Å². The first-order chi connectivity index (χ1) is 8.90. The molecule has 0 fully saturated rings. The summed E-state index contributed by atoms with van der Waals surface area (Å²) in [6.45, 7) is 5.83. The predicted octanol–water partition coefficient (Wildman–Crippen LogP) is 1.74.